The van der Waals surface area contributed by atoms with Crippen LogP contribution in [0.15, 0.2) is 36.4 Å². The van der Waals surface area contributed by atoms with Crippen LogP contribution in [-0.2, 0) is 22.4 Å². The summed E-state index contributed by atoms with van der Waals surface area (Å²) in [5.74, 6) is -0.232. The van der Waals surface area contributed by atoms with E-state index >= 15 is 0 Å². The van der Waals surface area contributed by atoms with Crippen LogP contribution in [0.3, 0.4) is 0 Å². The fourth-order valence-electron chi connectivity index (χ4n) is 3.46. The van der Waals surface area contributed by atoms with Gasteiger partial charge in [0.15, 0.2) is 0 Å². The number of rotatable bonds is 6. The number of carbonyl (C=O) groups excluding carboxylic acids is 1. The van der Waals surface area contributed by atoms with Crippen molar-refractivity contribution in [3.8, 4) is 5.75 Å². The van der Waals surface area contributed by atoms with Gasteiger partial charge >= 0.3 is 5.97 Å². The summed E-state index contributed by atoms with van der Waals surface area (Å²) in [5.41, 5.74) is 4.50. The smallest absolute Gasteiger partial charge is 0.315 e. The first-order valence-electron chi connectivity index (χ1n) is 9.26. The summed E-state index contributed by atoms with van der Waals surface area (Å²) in [6.07, 6.45) is 1.42. The number of carbonyl (C=O) groups is 1. The second-order valence-electron chi connectivity index (χ2n) is 7.14. The van der Waals surface area contributed by atoms with Crippen LogP contribution in [0.4, 0.5) is 0 Å². The first-order chi connectivity index (χ1) is 12.9. The van der Waals surface area contributed by atoms with Crippen LogP contribution in [0.25, 0.3) is 0 Å². The fraction of sp³-hybridized carbons (Fsp3) is 0.409. The average Bonchev–Trinajstić information content (AvgIpc) is 2.62. The summed E-state index contributed by atoms with van der Waals surface area (Å²) in [6.45, 7) is 4.46. The van der Waals surface area contributed by atoms with Gasteiger partial charge in [0.1, 0.15) is 18.3 Å². The Morgan fingerprint density at radius 2 is 1.93 bits per heavy atom. The van der Waals surface area contributed by atoms with Crippen LogP contribution in [0.1, 0.15) is 28.7 Å². The predicted molar refractivity (Wildman–Crippen MR) is 105 cm³/mol. The van der Waals surface area contributed by atoms with Gasteiger partial charge in [-0.2, -0.15) is 0 Å². The Hall–Kier alpha value is -2.04. The van der Waals surface area contributed by atoms with E-state index in [2.05, 4.69) is 19.1 Å². The molecule has 5 heteroatoms. The van der Waals surface area contributed by atoms with E-state index in [-0.39, 0.29) is 19.2 Å². The number of benzene rings is 2. The van der Waals surface area contributed by atoms with Gasteiger partial charge in [0.05, 0.1) is 12.7 Å². The van der Waals surface area contributed by atoms with E-state index in [0.29, 0.717) is 6.42 Å². The monoisotopic (exact) mass is 388 g/mol. The zero-order chi connectivity index (χ0) is 19.4. The number of ether oxygens (including phenoxy) is 2. The molecule has 144 valence electrons. The molecule has 1 heterocycles. The highest BCUT2D eigenvalue weighted by molar-refractivity contribution is 6.30. The average molecular weight is 389 g/mol. The standard InChI is InChI=1S/C22H25ClO4/c1-14-11-15(2)21(27-13-19-20(24)9-10-26-22(19)25)17(12-14)6-3-16-4-7-18(23)8-5-16/h4-5,7-8,11-12,19-20,24H,3,6,9-10,13H2,1-2H3/t19-,20+/m0/s1. The SMILES string of the molecule is Cc1cc(C)c(OC[C@@H]2C(=O)OCC[C@H]2O)c(CCc2ccc(Cl)cc2)c1. The van der Waals surface area contributed by atoms with Crippen LogP contribution in [0, 0.1) is 19.8 Å². The minimum absolute atomic E-state index is 0.123. The van der Waals surface area contributed by atoms with Crippen molar-refractivity contribution in [1.82, 2.24) is 0 Å². The van der Waals surface area contributed by atoms with Crippen LogP contribution < -0.4 is 4.74 Å². The topological polar surface area (TPSA) is 55.8 Å². The first-order valence-corrected chi connectivity index (χ1v) is 9.64. The quantitative estimate of drug-likeness (QED) is 0.758. The largest absolute Gasteiger partial charge is 0.492 e. The molecule has 0 aromatic heterocycles. The predicted octanol–water partition coefficient (Wildman–Crippen LogP) is 4.04. The molecule has 0 aliphatic carbocycles. The van der Waals surface area contributed by atoms with Crippen molar-refractivity contribution in [2.45, 2.75) is 39.2 Å². The van der Waals surface area contributed by atoms with Crippen molar-refractivity contribution in [3.63, 3.8) is 0 Å². The molecule has 2 aromatic rings. The normalized spacial score (nSPS) is 19.6. The summed E-state index contributed by atoms with van der Waals surface area (Å²) in [4.78, 5) is 11.9. The van der Waals surface area contributed by atoms with Crippen LogP contribution in [-0.4, -0.2) is 30.4 Å². The molecule has 1 saturated heterocycles. The summed E-state index contributed by atoms with van der Waals surface area (Å²) in [7, 11) is 0. The Bertz CT molecular complexity index is 801. The van der Waals surface area contributed by atoms with Gasteiger partial charge in [0, 0.05) is 11.4 Å². The zero-order valence-electron chi connectivity index (χ0n) is 15.7. The second kappa shape index (κ2) is 8.77. The van der Waals surface area contributed by atoms with Crippen molar-refractivity contribution in [2.75, 3.05) is 13.2 Å². The molecule has 1 aliphatic heterocycles. The molecule has 2 atom stereocenters. The molecule has 1 N–H and O–H groups in total. The van der Waals surface area contributed by atoms with Crippen LogP contribution in [0.2, 0.25) is 5.02 Å². The van der Waals surface area contributed by atoms with E-state index < -0.39 is 12.0 Å². The van der Waals surface area contributed by atoms with E-state index in [0.717, 1.165) is 34.7 Å². The third-order valence-corrected chi connectivity index (χ3v) is 5.18. The summed E-state index contributed by atoms with van der Waals surface area (Å²) < 4.78 is 11.1. The summed E-state index contributed by atoms with van der Waals surface area (Å²) in [6, 6.07) is 12.0. The molecule has 0 bridgehead atoms. The van der Waals surface area contributed by atoms with Crippen LogP contribution >= 0.6 is 11.6 Å². The molecule has 0 amide bonds. The van der Waals surface area contributed by atoms with Gasteiger partial charge in [-0.3, -0.25) is 4.79 Å². The lowest BCUT2D eigenvalue weighted by Gasteiger charge is -2.27. The number of aliphatic hydroxyl groups excluding tert-OH is 1. The third-order valence-electron chi connectivity index (χ3n) is 4.92. The number of hydrogen-bond donors (Lipinski definition) is 1. The van der Waals surface area contributed by atoms with Gasteiger partial charge in [-0.15, -0.1) is 0 Å². The van der Waals surface area contributed by atoms with Gasteiger partial charge in [0.25, 0.3) is 0 Å². The van der Waals surface area contributed by atoms with E-state index in [1.54, 1.807) is 0 Å². The van der Waals surface area contributed by atoms with Crippen molar-refractivity contribution in [2.24, 2.45) is 5.92 Å². The molecule has 1 fully saturated rings. The third kappa shape index (κ3) is 5.02. The minimum atomic E-state index is -0.713. The fourth-order valence-corrected chi connectivity index (χ4v) is 3.59. The van der Waals surface area contributed by atoms with Crippen molar-refractivity contribution in [3.05, 3.63) is 63.7 Å². The number of halogens is 1. The molecular formula is C22H25ClO4. The van der Waals surface area contributed by atoms with E-state index in [9.17, 15) is 9.90 Å². The number of aryl methyl sites for hydroxylation is 4. The molecule has 0 unspecified atom stereocenters. The lowest BCUT2D eigenvalue weighted by molar-refractivity contribution is -0.162. The van der Waals surface area contributed by atoms with E-state index in [1.807, 2.05) is 31.2 Å². The molecule has 2 aromatic carbocycles. The summed E-state index contributed by atoms with van der Waals surface area (Å²) >= 11 is 5.96. The summed E-state index contributed by atoms with van der Waals surface area (Å²) in [5, 5.41) is 10.8. The van der Waals surface area contributed by atoms with Gasteiger partial charge in [-0.25, -0.2) is 0 Å². The van der Waals surface area contributed by atoms with Gasteiger partial charge in [0.2, 0.25) is 0 Å². The molecule has 0 saturated carbocycles. The Kier molecular flexibility index (Phi) is 6.40. The maximum atomic E-state index is 11.9. The lowest BCUT2D eigenvalue weighted by atomic mass is 9.97. The van der Waals surface area contributed by atoms with Gasteiger partial charge < -0.3 is 14.6 Å². The van der Waals surface area contributed by atoms with Crippen molar-refractivity contribution in [1.29, 1.82) is 0 Å². The van der Waals surface area contributed by atoms with E-state index in [4.69, 9.17) is 21.1 Å². The minimum Gasteiger partial charge on any atom is -0.492 e. The Labute approximate surface area is 165 Å². The highest BCUT2D eigenvalue weighted by Gasteiger charge is 2.33. The maximum absolute atomic E-state index is 11.9. The first kappa shape index (κ1) is 19.7. The molecular weight excluding hydrogens is 364 g/mol. The lowest BCUT2D eigenvalue weighted by Crippen LogP contribution is -2.40. The van der Waals surface area contributed by atoms with Gasteiger partial charge in [-0.05, 0) is 55.5 Å². The maximum Gasteiger partial charge on any atom is 0.315 e. The highest BCUT2D eigenvalue weighted by atomic mass is 35.5. The Morgan fingerprint density at radius 3 is 2.63 bits per heavy atom. The molecule has 4 nitrogen and oxygen atoms in total. The Morgan fingerprint density at radius 1 is 1.19 bits per heavy atom. The number of cyclic esters (lactones) is 1. The molecule has 1 aliphatic rings. The van der Waals surface area contributed by atoms with Crippen molar-refractivity contribution >= 4 is 17.6 Å². The van der Waals surface area contributed by atoms with Gasteiger partial charge in [-0.1, -0.05) is 41.4 Å². The van der Waals surface area contributed by atoms with E-state index in [1.165, 1.54) is 11.1 Å². The second-order valence-corrected chi connectivity index (χ2v) is 7.57. The zero-order valence-corrected chi connectivity index (χ0v) is 16.5. The molecule has 0 radical (unpaired) electrons. The molecule has 27 heavy (non-hydrogen) atoms. The Balaban J connectivity index is 1.73. The van der Waals surface area contributed by atoms with Crippen LogP contribution in [0.5, 0.6) is 5.75 Å². The number of aliphatic hydroxyl groups is 1. The number of hydrogen-bond acceptors (Lipinski definition) is 4. The highest BCUT2D eigenvalue weighted by Crippen LogP contribution is 2.28. The molecule has 0 spiro atoms. The number of esters is 1. The van der Waals surface area contributed by atoms with Crippen molar-refractivity contribution < 1.29 is 19.4 Å². The molecule has 3 rings (SSSR count).